The molecule has 2 fully saturated rings. The van der Waals surface area contributed by atoms with Crippen LogP contribution >= 0.6 is 0 Å². The van der Waals surface area contributed by atoms with E-state index in [2.05, 4.69) is 5.32 Å². The Morgan fingerprint density at radius 2 is 1.94 bits per heavy atom. The van der Waals surface area contributed by atoms with E-state index in [4.69, 9.17) is 10.6 Å². The molecule has 3 N–H and O–H groups in total. The van der Waals surface area contributed by atoms with Crippen molar-refractivity contribution in [2.45, 2.75) is 71.6 Å². The van der Waals surface area contributed by atoms with Crippen LogP contribution in [0.25, 0.3) is 10.9 Å². The third kappa shape index (κ3) is 4.30. The van der Waals surface area contributed by atoms with Crippen molar-refractivity contribution >= 4 is 22.7 Å². The number of anilines is 1. The number of nitrogens with one attached hydrogen (secondary N) is 1. The van der Waals surface area contributed by atoms with Crippen molar-refractivity contribution in [3.63, 3.8) is 0 Å². The first-order valence-electron chi connectivity index (χ1n) is 11.4. The van der Waals surface area contributed by atoms with Crippen LogP contribution in [0, 0.1) is 18.7 Å². The zero-order valence-electron chi connectivity index (χ0n) is 19.8. The van der Waals surface area contributed by atoms with Gasteiger partial charge in [0.05, 0.1) is 16.6 Å². The first-order chi connectivity index (χ1) is 15.4. The smallest absolute Gasteiger partial charge is 0.407 e. The van der Waals surface area contributed by atoms with E-state index in [0.717, 1.165) is 19.3 Å². The number of carbonyl (C=O) groups is 1. The summed E-state index contributed by atoms with van der Waals surface area (Å²) >= 11 is 0. The number of aromatic nitrogens is 2. The van der Waals surface area contributed by atoms with Crippen molar-refractivity contribution in [3.8, 4) is 0 Å². The standard InChI is InChI=1S/C23H32FN5O4/c1-12-18-16(20(30)29(25)22(32)28(18)15-6-7-15)10-17(24)19(12)27-9-8-14(11-27)13(2)26-21(31)33-23(3,4)5/h10,13-15H,6-9,11,25H2,1-5H3,(H,26,31)/t13?,14-/m1/s1. The molecule has 1 aliphatic carbocycles. The van der Waals surface area contributed by atoms with Gasteiger partial charge in [0.15, 0.2) is 0 Å². The summed E-state index contributed by atoms with van der Waals surface area (Å²) in [5.74, 6) is 5.27. The molecule has 1 unspecified atom stereocenters. The largest absolute Gasteiger partial charge is 0.444 e. The Labute approximate surface area is 191 Å². The van der Waals surface area contributed by atoms with E-state index in [1.54, 1.807) is 27.7 Å². The molecular weight excluding hydrogens is 429 g/mol. The van der Waals surface area contributed by atoms with Crippen LogP contribution in [0.3, 0.4) is 0 Å². The molecule has 0 radical (unpaired) electrons. The number of carbonyl (C=O) groups excluding carboxylic acids is 1. The maximum Gasteiger partial charge on any atom is 0.407 e. The molecule has 1 saturated carbocycles. The van der Waals surface area contributed by atoms with Crippen molar-refractivity contribution in [2.75, 3.05) is 23.8 Å². The van der Waals surface area contributed by atoms with E-state index in [1.807, 2.05) is 11.8 Å². The summed E-state index contributed by atoms with van der Waals surface area (Å²) in [5.41, 5.74) is -0.470. The second kappa shape index (κ2) is 8.07. The molecule has 1 aromatic heterocycles. The molecule has 1 aromatic carbocycles. The molecule has 1 saturated heterocycles. The summed E-state index contributed by atoms with van der Waals surface area (Å²) in [7, 11) is 0. The Morgan fingerprint density at radius 3 is 2.55 bits per heavy atom. The zero-order valence-corrected chi connectivity index (χ0v) is 19.8. The van der Waals surface area contributed by atoms with Gasteiger partial charge in [-0.25, -0.2) is 14.0 Å². The Morgan fingerprint density at radius 1 is 1.27 bits per heavy atom. The predicted octanol–water partition coefficient (Wildman–Crippen LogP) is 2.40. The lowest BCUT2D eigenvalue weighted by Crippen LogP contribution is -2.45. The number of amides is 1. The molecule has 1 amide bonds. The van der Waals surface area contributed by atoms with Crippen LogP contribution < -0.4 is 27.3 Å². The van der Waals surface area contributed by atoms with Gasteiger partial charge < -0.3 is 20.8 Å². The molecule has 0 spiro atoms. The highest BCUT2D eigenvalue weighted by Crippen LogP contribution is 2.39. The molecule has 0 bridgehead atoms. The number of halogens is 1. The van der Waals surface area contributed by atoms with E-state index in [-0.39, 0.29) is 23.4 Å². The minimum Gasteiger partial charge on any atom is -0.444 e. The second-order valence-corrected chi connectivity index (χ2v) is 10.2. The lowest BCUT2D eigenvalue weighted by molar-refractivity contribution is 0.0494. The van der Waals surface area contributed by atoms with Gasteiger partial charge in [0, 0.05) is 30.7 Å². The van der Waals surface area contributed by atoms with Crippen LogP contribution in [0.5, 0.6) is 0 Å². The van der Waals surface area contributed by atoms with Crippen molar-refractivity contribution < 1.29 is 13.9 Å². The number of nitrogen functional groups attached to an aromatic ring is 1. The van der Waals surface area contributed by atoms with Gasteiger partial charge in [-0.15, -0.1) is 0 Å². The summed E-state index contributed by atoms with van der Waals surface area (Å²) < 4.78 is 22.8. The van der Waals surface area contributed by atoms with Crippen molar-refractivity contribution in [1.82, 2.24) is 14.6 Å². The van der Waals surface area contributed by atoms with E-state index in [1.165, 1.54) is 10.6 Å². The molecule has 2 atom stereocenters. The van der Waals surface area contributed by atoms with Crippen LogP contribution in [0.15, 0.2) is 15.7 Å². The fourth-order valence-electron chi connectivity index (χ4n) is 4.73. The maximum atomic E-state index is 15.3. The van der Waals surface area contributed by atoms with E-state index in [9.17, 15) is 14.4 Å². The van der Waals surface area contributed by atoms with Crippen molar-refractivity contribution in [1.29, 1.82) is 0 Å². The van der Waals surface area contributed by atoms with Crippen LogP contribution in [0.4, 0.5) is 14.9 Å². The van der Waals surface area contributed by atoms with Crippen LogP contribution in [0.2, 0.25) is 0 Å². The van der Waals surface area contributed by atoms with Gasteiger partial charge in [0.2, 0.25) is 0 Å². The normalized spacial score (nSPS) is 19.7. The first kappa shape index (κ1) is 23.1. The average Bonchev–Trinajstić information content (AvgIpc) is 3.42. The van der Waals surface area contributed by atoms with Crippen molar-refractivity contribution in [2.24, 2.45) is 5.92 Å². The number of nitrogens with zero attached hydrogens (tertiary/aromatic N) is 3. The number of hydrogen-bond donors (Lipinski definition) is 2. The van der Waals surface area contributed by atoms with Gasteiger partial charge in [-0.1, -0.05) is 0 Å². The Balaban J connectivity index is 1.65. The maximum absolute atomic E-state index is 15.3. The highest BCUT2D eigenvalue weighted by Gasteiger charge is 2.34. The number of rotatable bonds is 4. The second-order valence-electron chi connectivity index (χ2n) is 10.2. The summed E-state index contributed by atoms with van der Waals surface area (Å²) in [6.07, 6.45) is 1.92. The first-order valence-corrected chi connectivity index (χ1v) is 11.4. The molecule has 4 rings (SSSR count). The lowest BCUT2D eigenvalue weighted by Gasteiger charge is -2.26. The molecule has 2 aromatic rings. The number of alkyl carbamates (subject to hydrolysis) is 1. The van der Waals surface area contributed by atoms with Crippen LogP contribution in [0.1, 0.15) is 58.6 Å². The van der Waals surface area contributed by atoms with Gasteiger partial charge in [-0.3, -0.25) is 9.36 Å². The van der Waals surface area contributed by atoms with Gasteiger partial charge in [0.25, 0.3) is 5.56 Å². The molecule has 1 aliphatic heterocycles. The van der Waals surface area contributed by atoms with Gasteiger partial charge in [0.1, 0.15) is 11.4 Å². The number of ether oxygens (including phenoxy) is 1. The minimum absolute atomic E-state index is 0.0308. The zero-order chi connectivity index (χ0) is 24.2. The van der Waals surface area contributed by atoms with Gasteiger partial charge in [-0.05, 0) is 65.9 Å². The molecule has 2 aliphatic rings. The van der Waals surface area contributed by atoms with E-state index < -0.39 is 28.8 Å². The molecule has 9 nitrogen and oxygen atoms in total. The number of aryl methyl sites for hydroxylation is 1. The summed E-state index contributed by atoms with van der Waals surface area (Å²) in [6.45, 7) is 10.2. The molecular formula is C23H32FN5O4. The Hall–Kier alpha value is -3.04. The van der Waals surface area contributed by atoms with Crippen LogP contribution in [-0.2, 0) is 4.74 Å². The van der Waals surface area contributed by atoms with E-state index >= 15 is 4.39 Å². The minimum atomic E-state index is -0.699. The molecule has 2 heterocycles. The Kier molecular flexibility index (Phi) is 5.66. The average molecular weight is 462 g/mol. The number of fused-ring (bicyclic) bond motifs is 1. The summed E-state index contributed by atoms with van der Waals surface area (Å²) in [6, 6.07) is 0.997. The highest BCUT2D eigenvalue weighted by molar-refractivity contribution is 5.87. The van der Waals surface area contributed by atoms with Gasteiger partial charge >= 0.3 is 11.8 Å². The summed E-state index contributed by atoms with van der Waals surface area (Å²) in [4.78, 5) is 39.4. The number of benzene rings is 1. The highest BCUT2D eigenvalue weighted by atomic mass is 19.1. The third-order valence-corrected chi connectivity index (χ3v) is 6.47. The number of nitrogens with two attached hydrogens (primary N) is 1. The molecule has 10 heteroatoms. The van der Waals surface area contributed by atoms with E-state index in [0.29, 0.717) is 34.5 Å². The van der Waals surface area contributed by atoms with Gasteiger partial charge in [-0.2, -0.15) is 4.68 Å². The SMILES string of the molecule is Cc1c(N2CC[C@@H](C(C)NC(=O)OC(C)(C)C)C2)c(F)cc2c(=O)n(N)c(=O)n(C3CC3)c12. The Bertz CT molecular complexity index is 1220. The fraction of sp³-hybridized carbons (Fsp3) is 0.609. The monoisotopic (exact) mass is 461 g/mol. The summed E-state index contributed by atoms with van der Waals surface area (Å²) in [5, 5.41) is 2.99. The molecule has 33 heavy (non-hydrogen) atoms. The number of hydrogen-bond acceptors (Lipinski definition) is 6. The third-order valence-electron chi connectivity index (χ3n) is 6.47. The topological polar surface area (TPSA) is 112 Å². The molecule has 180 valence electrons. The quantitative estimate of drug-likeness (QED) is 0.677. The lowest BCUT2D eigenvalue weighted by atomic mass is 10.0. The van der Waals surface area contributed by atoms with Crippen molar-refractivity contribution in [3.05, 3.63) is 38.3 Å². The van der Waals surface area contributed by atoms with Crippen LogP contribution in [-0.4, -0.2) is 40.1 Å². The fourth-order valence-corrected chi connectivity index (χ4v) is 4.73. The predicted molar refractivity (Wildman–Crippen MR) is 125 cm³/mol.